The van der Waals surface area contributed by atoms with Crippen LogP contribution < -0.4 is 0 Å². The van der Waals surface area contributed by atoms with Gasteiger partial charge in [0.2, 0.25) is 0 Å². The third kappa shape index (κ3) is 2.54. The fourth-order valence-corrected chi connectivity index (χ4v) is 3.01. The van der Waals surface area contributed by atoms with Crippen LogP contribution in [0.4, 0.5) is 0 Å². The smallest absolute Gasteiger partial charge is 0.340 e. The van der Waals surface area contributed by atoms with Crippen LogP contribution in [0.2, 0.25) is 0 Å². The highest BCUT2D eigenvalue weighted by Crippen LogP contribution is 2.28. The van der Waals surface area contributed by atoms with Gasteiger partial charge < -0.3 is 5.11 Å². The molecular weight excluding hydrogens is 268 g/mol. The molecule has 0 bridgehead atoms. The number of hydrogen-bond acceptors (Lipinski definition) is 5. The summed E-state index contributed by atoms with van der Waals surface area (Å²) in [5.74, 6) is 0.408. The van der Waals surface area contributed by atoms with E-state index in [1.807, 2.05) is 24.4 Å². The van der Waals surface area contributed by atoms with Crippen molar-refractivity contribution >= 4 is 29.1 Å². The maximum atomic E-state index is 11.2. The molecule has 0 aliphatic carbocycles. The average molecular weight is 280 g/mol. The van der Waals surface area contributed by atoms with E-state index in [4.69, 9.17) is 0 Å². The van der Waals surface area contributed by atoms with Gasteiger partial charge in [-0.15, -0.1) is 23.1 Å². The van der Waals surface area contributed by atoms with Crippen LogP contribution in [-0.4, -0.2) is 26.8 Å². The summed E-state index contributed by atoms with van der Waals surface area (Å²) < 4.78 is 0. The molecule has 2 heterocycles. The van der Waals surface area contributed by atoms with Gasteiger partial charge in [-0.1, -0.05) is 13.0 Å². The summed E-state index contributed by atoms with van der Waals surface area (Å²) in [6.45, 7) is 3.68. The summed E-state index contributed by atoms with van der Waals surface area (Å²) in [6.07, 6.45) is 0. The largest absolute Gasteiger partial charge is 0.478 e. The number of carboxylic acids is 1. The molecule has 0 fully saturated rings. The highest BCUT2D eigenvalue weighted by atomic mass is 32.2. The van der Waals surface area contributed by atoms with Gasteiger partial charge in [-0.25, -0.2) is 14.8 Å². The Bertz CT molecular complexity index is 568. The minimum atomic E-state index is -0.971. The topological polar surface area (TPSA) is 63.1 Å². The first-order valence-corrected chi connectivity index (χ1v) is 7.28. The maximum Gasteiger partial charge on any atom is 0.340 e. The first-order chi connectivity index (χ1) is 8.63. The number of rotatable bonds is 4. The van der Waals surface area contributed by atoms with E-state index in [1.54, 1.807) is 18.3 Å². The molecule has 0 aliphatic heterocycles. The summed E-state index contributed by atoms with van der Waals surface area (Å²) in [4.78, 5) is 20.8. The van der Waals surface area contributed by atoms with Crippen LogP contribution in [0.3, 0.4) is 0 Å². The summed E-state index contributed by atoms with van der Waals surface area (Å²) in [5.41, 5.74) is 0.721. The lowest BCUT2D eigenvalue weighted by Crippen LogP contribution is -2.07. The number of hydrogen-bond donors (Lipinski definition) is 1. The van der Waals surface area contributed by atoms with Gasteiger partial charge in [0, 0.05) is 0 Å². The zero-order valence-corrected chi connectivity index (χ0v) is 11.6. The van der Waals surface area contributed by atoms with Gasteiger partial charge in [-0.3, -0.25) is 0 Å². The number of carboxylic acid groups (broad SMARTS) is 1. The number of nitrogens with zero attached hydrogens (tertiary/aromatic N) is 2. The Morgan fingerprint density at radius 3 is 2.83 bits per heavy atom. The number of aromatic nitrogens is 2. The fourth-order valence-electron chi connectivity index (χ4n) is 1.55. The predicted octanol–water partition coefficient (Wildman–Crippen LogP) is 3.32. The van der Waals surface area contributed by atoms with Gasteiger partial charge in [0.1, 0.15) is 10.6 Å². The van der Waals surface area contributed by atoms with Crippen LogP contribution in [0.25, 0.3) is 10.7 Å². The van der Waals surface area contributed by atoms with E-state index in [9.17, 15) is 9.90 Å². The van der Waals surface area contributed by atoms with Crippen molar-refractivity contribution in [3.05, 3.63) is 28.8 Å². The molecule has 4 nitrogen and oxygen atoms in total. The number of thioether (sulfide) groups is 1. The highest BCUT2D eigenvalue weighted by Gasteiger charge is 2.18. The molecule has 6 heteroatoms. The van der Waals surface area contributed by atoms with Crippen molar-refractivity contribution < 1.29 is 9.90 Å². The molecular formula is C12H12N2O2S2. The first-order valence-electron chi connectivity index (χ1n) is 5.42. The van der Waals surface area contributed by atoms with Crippen LogP contribution in [-0.2, 0) is 0 Å². The average Bonchev–Trinajstić information content (AvgIpc) is 2.81. The van der Waals surface area contributed by atoms with Crippen molar-refractivity contribution in [1.29, 1.82) is 0 Å². The van der Waals surface area contributed by atoms with Crippen molar-refractivity contribution in [2.24, 2.45) is 0 Å². The Hall–Kier alpha value is -1.40. The Balaban J connectivity index is 2.57. The highest BCUT2D eigenvalue weighted by molar-refractivity contribution is 7.99. The molecule has 0 aromatic carbocycles. The zero-order chi connectivity index (χ0) is 13.1. The van der Waals surface area contributed by atoms with E-state index in [0.717, 1.165) is 10.6 Å². The van der Waals surface area contributed by atoms with Gasteiger partial charge in [-0.2, -0.15) is 0 Å². The molecule has 0 saturated carbocycles. The molecule has 94 valence electrons. The normalized spacial score (nSPS) is 10.6. The lowest BCUT2D eigenvalue weighted by atomic mass is 10.2. The van der Waals surface area contributed by atoms with Crippen molar-refractivity contribution in [2.75, 3.05) is 5.75 Å². The lowest BCUT2D eigenvalue weighted by Gasteiger charge is -2.08. The Morgan fingerprint density at radius 1 is 1.50 bits per heavy atom. The summed E-state index contributed by atoms with van der Waals surface area (Å²) in [6, 6.07) is 3.86. The van der Waals surface area contributed by atoms with Crippen LogP contribution in [0.15, 0.2) is 22.5 Å². The quantitative estimate of drug-likeness (QED) is 0.687. The molecule has 0 aliphatic rings. The number of aryl methyl sites for hydroxylation is 1. The maximum absolute atomic E-state index is 11.2. The molecule has 0 spiro atoms. The van der Waals surface area contributed by atoms with Gasteiger partial charge in [-0.05, 0) is 24.1 Å². The van der Waals surface area contributed by atoms with E-state index in [0.29, 0.717) is 16.5 Å². The Labute approximate surface area is 113 Å². The van der Waals surface area contributed by atoms with E-state index < -0.39 is 5.97 Å². The molecule has 2 aromatic rings. The number of carbonyl (C=O) groups is 1. The number of aromatic carboxylic acids is 1. The third-order valence-corrected chi connectivity index (χ3v) is 4.02. The molecule has 0 amide bonds. The molecule has 0 unspecified atom stereocenters. The second-order valence-corrected chi connectivity index (χ2v) is 5.73. The van der Waals surface area contributed by atoms with E-state index in [1.165, 1.54) is 11.8 Å². The van der Waals surface area contributed by atoms with Crippen molar-refractivity contribution in [1.82, 2.24) is 9.97 Å². The number of thiophene rings is 1. The van der Waals surface area contributed by atoms with E-state index >= 15 is 0 Å². The fraction of sp³-hybridized carbons (Fsp3) is 0.250. The predicted molar refractivity (Wildman–Crippen MR) is 73.4 cm³/mol. The molecule has 18 heavy (non-hydrogen) atoms. The minimum absolute atomic E-state index is 0.210. The molecule has 2 aromatic heterocycles. The third-order valence-electron chi connectivity index (χ3n) is 2.29. The van der Waals surface area contributed by atoms with Crippen LogP contribution in [0.1, 0.15) is 23.0 Å². The summed E-state index contributed by atoms with van der Waals surface area (Å²) in [5, 5.41) is 11.7. The van der Waals surface area contributed by atoms with Crippen molar-refractivity contribution in [3.8, 4) is 10.7 Å². The second-order valence-electron chi connectivity index (χ2n) is 3.53. The van der Waals surface area contributed by atoms with Crippen LogP contribution in [0, 0.1) is 6.92 Å². The summed E-state index contributed by atoms with van der Waals surface area (Å²) >= 11 is 2.97. The molecule has 2 rings (SSSR count). The van der Waals surface area contributed by atoms with E-state index in [2.05, 4.69) is 9.97 Å². The molecule has 0 radical (unpaired) electrons. The molecule has 1 N–H and O–H groups in total. The van der Waals surface area contributed by atoms with Crippen molar-refractivity contribution in [3.63, 3.8) is 0 Å². The SMILES string of the molecule is CCSc1nc(-c2cccs2)nc(C)c1C(=O)O. The van der Waals surface area contributed by atoms with Crippen LogP contribution in [0.5, 0.6) is 0 Å². The lowest BCUT2D eigenvalue weighted by molar-refractivity contribution is 0.0691. The Kier molecular flexibility index (Phi) is 3.98. The standard InChI is InChI=1S/C12H12N2O2S2/c1-3-17-11-9(12(15)16)7(2)13-10(14-11)8-5-4-6-18-8/h4-6H,3H2,1-2H3,(H,15,16). The second kappa shape index (κ2) is 5.49. The monoisotopic (exact) mass is 280 g/mol. The molecule has 0 atom stereocenters. The van der Waals surface area contributed by atoms with Crippen LogP contribution >= 0.6 is 23.1 Å². The van der Waals surface area contributed by atoms with Gasteiger partial charge in [0.15, 0.2) is 5.82 Å². The van der Waals surface area contributed by atoms with Gasteiger partial charge in [0.05, 0.1) is 10.6 Å². The first kappa shape index (κ1) is 13.0. The van der Waals surface area contributed by atoms with Gasteiger partial charge >= 0.3 is 5.97 Å². The zero-order valence-electron chi connectivity index (χ0n) is 10.0. The summed E-state index contributed by atoms with van der Waals surface area (Å²) in [7, 11) is 0. The molecule has 0 saturated heterocycles. The van der Waals surface area contributed by atoms with Crippen molar-refractivity contribution in [2.45, 2.75) is 18.9 Å². The van der Waals surface area contributed by atoms with E-state index in [-0.39, 0.29) is 5.56 Å². The van der Waals surface area contributed by atoms with Gasteiger partial charge in [0.25, 0.3) is 0 Å². The Morgan fingerprint density at radius 2 is 2.28 bits per heavy atom. The minimum Gasteiger partial charge on any atom is -0.478 e.